The van der Waals surface area contributed by atoms with E-state index < -0.39 is 0 Å². The Bertz CT molecular complexity index is 256. The molecule has 0 radical (unpaired) electrons. The zero-order valence-corrected chi connectivity index (χ0v) is 7.72. The molecule has 2 nitrogen and oxygen atoms in total. The summed E-state index contributed by atoms with van der Waals surface area (Å²) in [6, 6.07) is 6.17. The first-order valence-electron chi connectivity index (χ1n) is 4.40. The van der Waals surface area contributed by atoms with E-state index in [0.717, 1.165) is 24.3 Å². The van der Waals surface area contributed by atoms with Crippen LogP contribution in [0.25, 0.3) is 0 Å². The van der Waals surface area contributed by atoms with Crippen LogP contribution in [0.4, 0.5) is 11.4 Å². The number of hydrogen-bond acceptors (Lipinski definition) is 2. The summed E-state index contributed by atoms with van der Waals surface area (Å²) in [5.74, 6) is 0. The van der Waals surface area contributed by atoms with Gasteiger partial charge in [-0.3, -0.25) is 0 Å². The van der Waals surface area contributed by atoms with Gasteiger partial charge in [0, 0.05) is 6.54 Å². The number of benzene rings is 1. The molecule has 0 saturated carbocycles. The fourth-order valence-corrected chi connectivity index (χ4v) is 1.18. The Labute approximate surface area is 73.8 Å². The molecule has 0 fully saturated rings. The molecule has 66 valence electrons. The molecular formula is C10H16N2. The van der Waals surface area contributed by atoms with Crippen LogP contribution in [0.15, 0.2) is 18.2 Å². The third-order valence-corrected chi connectivity index (χ3v) is 1.89. The number of rotatable bonds is 3. The minimum Gasteiger partial charge on any atom is -0.397 e. The predicted molar refractivity (Wildman–Crippen MR) is 54.4 cm³/mol. The second-order valence-electron chi connectivity index (χ2n) is 2.81. The summed E-state index contributed by atoms with van der Waals surface area (Å²) in [5.41, 5.74) is 8.99. The second kappa shape index (κ2) is 4.00. The summed E-state index contributed by atoms with van der Waals surface area (Å²) in [7, 11) is 0. The van der Waals surface area contributed by atoms with Gasteiger partial charge >= 0.3 is 0 Å². The largest absolute Gasteiger partial charge is 0.397 e. The maximum absolute atomic E-state index is 5.82. The van der Waals surface area contributed by atoms with E-state index in [-0.39, 0.29) is 0 Å². The van der Waals surface area contributed by atoms with E-state index in [9.17, 15) is 0 Å². The van der Waals surface area contributed by atoms with Crippen molar-refractivity contribution in [2.45, 2.75) is 20.3 Å². The molecule has 0 bridgehead atoms. The number of hydrogen-bond donors (Lipinski definition) is 2. The minimum absolute atomic E-state index is 0.844. The van der Waals surface area contributed by atoms with Crippen molar-refractivity contribution in [1.29, 1.82) is 0 Å². The lowest BCUT2D eigenvalue weighted by Gasteiger charge is -2.07. The normalized spacial score (nSPS) is 9.83. The first kappa shape index (κ1) is 8.91. The molecule has 1 aromatic carbocycles. The van der Waals surface area contributed by atoms with Crippen LogP contribution in [0.2, 0.25) is 0 Å². The van der Waals surface area contributed by atoms with Gasteiger partial charge in [0.05, 0.1) is 11.4 Å². The van der Waals surface area contributed by atoms with Crippen molar-refractivity contribution in [2.24, 2.45) is 0 Å². The molecule has 1 rings (SSSR count). The van der Waals surface area contributed by atoms with Crippen molar-refractivity contribution in [3.63, 3.8) is 0 Å². The molecule has 0 atom stereocenters. The lowest BCUT2D eigenvalue weighted by Crippen LogP contribution is -2.01. The molecule has 0 aromatic heterocycles. The molecule has 0 aliphatic carbocycles. The Hall–Kier alpha value is -1.18. The Morgan fingerprint density at radius 2 is 2.08 bits per heavy atom. The lowest BCUT2D eigenvalue weighted by molar-refractivity contribution is 1.14. The highest BCUT2D eigenvalue weighted by Crippen LogP contribution is 2.19. The highest BCUT2D eigenvalue weighted by Gasteiger charge is 1.97. The first-order valence-corrected chi connectivity index (χ1v) is 4.40. The second-order valence-corrected chi connectivity index (χ2v) is 2.81. The van der Waals surface area contributed by atoms with Crippen LogP contribution in [-0.4, -0.2) is 6.54 Å². The highest BCUT2D eigenvalue weighted by atomic mass is 14.9. The average molecular weight is 164 g/mol. The van der Waals surface area contributed by atoms with Crippen molar-refractivity contribution < 1.29 is 0 Å². The fraction of sp³-hybridized carbons (Fsp3) is 0.400. The van der Waals surface area contributed by atoms with Gasteiger partial charge in [-0.2, -0.15) is 0 Å². The maximum Gasteiger partial charge on any atom is 0.0574 e. The van der Waals surface area contributed by atoms with Crippen molar-refractivity contribution in [2.75, 3.05) is 17.6 Å². The summed E-state index contributed by atoms with van der Waals surface area (Å²) < 4.78 is 0. The minimum atomic E-state index is 0.844. The van der Waals surface area contributed by atoms with E-state index in [1.54, 1.807) is 0 Å². The Morgan fingerprint density at radius 1 is 1.33 bits per heavy atom. The zero-order valence-electron chi connectivity index (χ0n) is 7.72. The van der Waals surface area contributed by atoms with E-state index in [1.807, 2.05) is 12.1 Å². The molecule has 0 aliphatic heterocycles. The SMILES string of the molecule is CCNc1ccc(CC)cc1N. The van der Waals surface area contributed by atoms with Crippen LogP contribution < -0.4 is 11.1 Å². The van der Waals surface area contributed by atoms with Crippen molar-refractivity contribution in [3.05, 3.63) is 23.8 Å². The number of nitrogen functional groups attached to an aromatic ring is 1. The average Bonchev–Trinajstić information content (AvgIpc) is 2.09. The van der Waals surface area contributed by atoms with Crippen LogP contribution in [0.1, 0.15) is 19.4 Å². The van der Waals surface area contributed by atoms with Crippen LogP contribution >= 0.6 is 0 Å². The molecule has 0 saturated heterocycles. The standard InChI is InChI=1S/C10H16N2/c1-3-8-5-6-10(12-4-2)9(11)7-8/h5-7,12H,3-4,11H2,1-2H3. The van der Waals surface area contributed by atoms with Crippen LogP contribution in [0.5, 0.6) is 0 Å². The van der Waals surface area contributed by atoms with Gasteiger partial charge in [0.2, 0.25) is 0 Å². The highest BCUT2D eigenvalue weighted by molar-refractivity contribution is 5.66. The summed E-state index contributed by atoms with van der Waals surface area (Å²) in [6.45, 7) is 5.10. The molecule has 12 heavy (non-hydrogen) atoms. The Balaban J connectivity index is 2.87. The third kappa shape index (κ3) is 1.91. The third-order valence-electron chi connectivity index (χ3n) is 1.89. The van der Waals surface area contributed by atoms with Gasteiger partial charge in [-0.1, -0.05) is 13.0 Å². The van der Waals surface area contributed by atoms with E-state index in [0.29, 0.717) is 0 Å². The fourth-order valence-electron chi connectivity index (χ4n) is 1.18. The molecule has 3 N–H and O–H groups in total. The smallest absolute Gasteiger partial charge is 0.0574 e. The topological polar surface area (TPSA) is 38.0 Å². The van der Waals surface area contributed by atoms with Crippen molar-refractivity contribution >= 4 is 11.4 Å². The quantitative estimate of drug-likeness (QED) is 0.672. The van der Waals surface area contributed by atoms with Crippen molar-refractivity contribution in [3.8, 4) is 0 Å². The van der Waals surface area contributed by atoms with E-state index >= 15 is 0 Å². The number of nitrogens with one attached hydrogen (secondary N) is 1. The summed E-state index contributed by atoms with van der Waals surface area (Å²) >= 11 is 0. The number of nitrogens with two attached hydrogens (primary N) is 1. The zero-order chi connectivity index (χ0) is 8.97. The monoisotopic (exact) mass is 164 g/mol. The molecule has 0 unspecified atom stereocenters. The molecule has 0 amide bonds. The Morgan fingerprint density at radius 3 is 2.58 bits per heavy atom. The van der Waals surface area contributed by atoms with Gasteiger partial charge in [-0.25, -0.2) is 0 Å². The molecule has 0 spiro atoms. The first-order chi connectivity index (χ1) is 5.77. The molecule has 0 aliphatic rings. The van der Waals surface area contributed by atoms with Crippen molar-refractivity contribution in [1.82, 2.24) is 0 Å². The van der Waals surface area contributed by atoms with E-state index in [2.05, 4.69) is 25.2 Å². The predicted octanol–water partition coefficient (Wildman–Crippen LogP) is 2.26. The van der Waals surface area contributed by atoms with E-state index in [4.69, 9.17) is 5.73 Å². The number of aryl methyl sites for hydroxylation is 1. The molecular weight excluding hydrogens is 148 g/mol. The van der Waals surface area contributed by atoms with Gasteiger partial charge in [0.25, 0.3) is 0 Å². The molecule has 2 heteroatoms. The lowest BCUT2D eigenvalue weighted by atomic mass is 10.1. The van der Waals surface area contributed by atoms with Crippen LogP contribution in [0, 0.1) is 0 Å². The van der Waals surface area contributed by atoms with Gasteiger partial charge in [0.1, 0.15) is 0 Å². The van der Waals surface area contributed by atoms with Gasteiger partial charge in [0.15, 0.2) is 0 Å². The van der Waals surface area contributed by atoms with E-state index in [1.165, 1.54) is 5.56 Å². The summed E-state index contributed by atoms with van der Waals surface area (Å²) in [6.07, 6.45) is 1.04. The summed E-state index contributed by atoms with van der Waals surface area (Å²) in [4.78, 5) is 0. The van der Waals surface area contributed by atoms with Gasteiger partial charge < -0.3 is 11.1 Å². The van der Waals surface area contributed by atoms with Gasteiger partial charge in [-0.05, 0) is 31.0 Å². The molecule has 1 aromatic rings. The number of anilines is 2. The van der Waals surface area contributed by atoms with Gasteiger partial charge in [-0.15, -0.1) is 0 Å². The maximum atomic E-state index is 5.82. The summed E-state index contributed by atoms with van der Waals surface area (Å²) in [5, 5.41) is 3.20. The van der Waals surface area contributed by atoms with Crippen LogP contribution in [0.3, 0.4) is 0 Å². The Kier molecular flexibility index (Phi) is 2.97. The molecule has 0 heterocycles. The van der Waals surface area contributed by atoms with Crippen LogP contribution in [-0.2, 0) is 6.42 Å².